The molecule has 1 aromatic heterocycles. The molecule has 0 aliphatic rings. The first-order valence-electron chi connectivity index (χ1n) is 4.57. The molecule has 0 aliphatic heterocycles. The minimum atomic E-state index is 0.318. The van der Waals surface area contributed by atoms with E-state index in [-0.39, 0.29) is 0 Å². The molecule has 0 spiro atoms. The third-order valence-corrected chi connectivity index (χ3v) is 3.60. The molecule has 0 fully saturated rings. The monoisotopic (exact) mass is 261 g/mol. The van der Waals surface area contributed by atoms with Gasteiger partial charge < -0.3 is 5.73 Å². The number of halogens is 1. The number of thiophene rings is 1. The van der Waals surface area contributed by atoms with Crippen molar-refractivity contribution in [1.29, 1.82) is 0 Å². The fourth-order valence-electron chi connectivity index (χ4n) is 1.52. The van der Waals surface area contributed by atoms with Gasteiger partial charge in [0.1, 0.15) is 0 Å². The van der Waals surface area contributed by atoms with Gasteiger partial charge in [0.05, 0.1) is 3.79 Å². The van der Waals surface area contributed by atoms with Crippen LogP contribution in [0.25, 0.3) is 0 Å². The summed E-state index contributed by atoms with van der Waals surface area (Å²) in [6.45, 7) is 4.33. The molecule has 1 nitrogen and oxygen atoms in total. The second-order valence-corrected chi connectivity index (χ2v) is 6.28. The van der Waals surface area contributed by atoms with Gasteiger partial charge in [-0.3, -0.25) is 0 Å². The van der Waals surface area contributed by atoms with Crippen molar-refractivity contribution >= 4 is 27.3 Å². The quantitative estimate of drug-likeness (QED) is 0.883. The Labute approximate surface area is 92.5 Å². The Bertz CT molecular complexity index is 257. The van der Waals surface area contributed by atoms with Crippen molar-refractivity contribution in [2.75, 3.05) is 0 Å². The van der Waals surface area contributed by atoms with Crippen LogP contribution in [0.4, 0.5) is 0 Å². The summed E-state index contributed by atoms with van der Waals surface area (Å²) in [5, 5.41) is 0. The highest BCUT2D eigenvalue weighted by atomic mass is 79.9. The van der Waals surface area contributed by atoms with Gasteiger partial charge in [0.25, 0.3) is 0 Å². The predicted octanol–water partition coefficient (Wildman–Crippen LogP) is 3.43. The molecular formula is C10H16BrNS. The molecule has 0 aromatic carbocycles. The average Bonchev–Trinajstić information content (AvgIpc) is 2.33. The molecule has 2 N–H and O–H groups in total. The van der Waals surface area contributed by atoms with Crippen molar-refractivity contribution in [3.63, 3.8) is 0 Å². The van der Waals surface area contributed by atoms with E-state index < -0.39 is 0 Å². The van der Waals surface area contributed by atoms with Crippen molar-refractivity contribution in [2.24, 2.45) is 11.7 Å². The number of hydrogen-bond donors (Lipinski definition) is 1. The summed E-state index contributed by atoms with van der Waals surface area (Å²) in [7, 11) is 0. The van der Waals surface area contributed by atoms with Crippen LogP contribution >= 0.6 is 27.3 Å². The Morgan fingerprint density at radius 1 is 1.46 bits per heavy atom. The SMILES string of the molecule is CC(N)CC(C)Cc1ccc(Br)s1. The van der Waals surface area contributed by atoms with Crippen LogP contribution in [0.5, 0.6) is 0 Å². The minimum absolute atomic E-state index is 0.318. The highest BCUT2D eigenvalue weighted by Gasteiger charge is 2.07. The maximum atomic E-state index is 5.75. The van der Waals surface area contributed by atoms with Crippen LogP contribution in [0.2, 0.25) is 0 Å². The van der Waals surface area contributed by atoms with Crippen molar-refractivity contribution in [1.82, 2.24) is 0 Å². The van der Waals surface area contributed by atoms with Crippen LogP contribution in [-0.4, -0.2) is 6.04 Å². The first-order valence-corrected chi connectivity index (χ1v) is 6.18. The fourth-order valence-corrected chi connectivity index (χ4v) is 3.17. The lowest BCUT2D eigenvalue weighted by molar-refractivity contribution is 0.482. The fraction of sp³-hybridized carbons (Fsp3) is 0.600. The van der Waals surface area contributed by atoms with Gasteiger partial charge in [-0.25, -0.2) is 0 Å². The molecule has 1 heterocycles. The maximum Gasteiger partial charge on any atom is 0.0701 e. The van der Waals surface area contributed by atoms with E-state index in [1.807, 2.05) is 11.3 Å². The van der Waals surface area contributed by atoms with E-state index in [1.54, 1.807) is 0 Å². The maximum absolute atomic E-state index is 5.75. The largest absolute Gasteiger partial charge is 0.328 e. The van der Waals surface area contributed by atoms with Gasteiger partial charge in [-0.15, -0.1) is 11.3 Å². The molecule has 3 heteroatoms. The van der Waals surface area contributed by atoms with E-state index in [9.17, 15) is 0 Å². The van der Waals surface area contributed by atoms with Gasteiger partial charge in [0.2, 0.25) is 0 Å². The molecule has 1 rings (SSSR count). The molecule has 0 radical (unpaired) electrons. The van der Waals surface area contributed by atoms with Crippen molar-refractivity contribution in [3.8, 4) is 0 Å². The zero-order chi connectivity index (χ0) is 9.84. The Morgan fingerprint density at radius 2 is 2.15 bits per heavy atom. The van der Waals surface area contributed by atoms with E-state index in [1.165, 1.54) is 8.66 Å². The van der Waals surface area contributed by atoms with Crippen LogP contribution in [0.15, 0.2) is 15.9 Å². The molecule has 0 saturated carbocycles. The van der Waals surface area contributed by atoms with Crippen LogP contribution in [0, 0.1) is 5.92 Å². The molecule has 2 atom stereocenters. The van der Waals surface area contributed by atoms with Crippen molar-refractivity contribution in [2.45, 2.75) is 32.7 Å². The molecule has 0 saturated heterocycles. The number of rotatable bonds is 4. The van der Waals surface area contributed by atoms with Crippen LogP contribution in [0.1, 0.15) is 25.1 Å². The summed E-state index contributed by atoms with van der Waals surface area (Å²) in [5.74, 6) is 0.686. The minimum Gasteiger partial charge on any atom is -0.328 e. The van der Waals surface area contributed by atoms with Crippen molar-refractivity contribution < 1.29 is 0 Å². The zero-order valence-corrected chi connectivity index (χ0v) is 10.5. The summed E-state index contributed by atoms with van der Waals surface area (Å²) in [6, 6.07) is 4.61. The lowest BCUT2D eigenvalue weighted by Gasteiger charge is -2.12. The smallest absolute Gasteiger partial charge is 0.0701 e. The lowest BCUT2D eigenvalue weighted by atomic mass is 9.99. The second-order valence-electron chi connectivity index (χ2n) is 3.73. The third-order valence-electron chi connectivity index (χ3n) is 1.95. The second kappa shape index (κ2) is 5.13. The van der Waals surface area contributed by atoms with Gasteiger partial charge in [-0.05, 0) is 53.7 Å². The van der Waals surface area contributed by atoms with Crippen LogP contribution in [0.3, 0.4) is 0 Å². The summed E-state index contributed by atoms with van der Waals surface area (Å²) in [5.41, 5.74) is 5.75. The standard InChI is InChI=1S/C10H16BrNS/c1-7(5-8(2)12)6-9-3-4-10(11)13-9/h3-4,7-8H,5-6,12H2,1-2H3. The Morgan fingerprint density at radius 3 is 2.62 bits per heavy atom. The van der Waals surface area contributed by atoms with Crippen molar-refractivity contribution in [3.05, 3.63) is 20.8 Å². The lowest BCUT2D eigenvalue weighted by Crippen LogP contribution is -2.19. The van der Waals surface area contributed by atoms with Gasteiger partial charge in [-0.2, -0.15) is 0 Å². The molecule has 0 amide bonds. The molecule has 1 aromatic rings. The van der Waals surface area contributed by atoms with E-state index in [0.717, 1.165) is 12.8 Å². The highest BCUT2D eigenvalue weighted by molar-refractivity contribution is 9.11. The van der Waals surface area contributed by atoms with Gasteiger partial charge in [0, 0.05) is 10.9 Å². The summed E-state index contributed by atoms with van der Waals surface area (Å²) >= 11 is 5.29. The topological polar surface area (TPSA) is 26.0 Å². The van der Waals surface area contributed by atoms with E-state index in [2.05, 4.69) is 41.9 Å². The van der Waals surface area contributed by atoms with E-state index in [4.69, 9.17) is 5.73 Å². The Kier molecular flexibility index (Phi) is 4.42. The summed E-state index contributed by atoms with van der Waals surface area (Å²) < 4.78 is 1.22. The van der Waals surface area contributed by atoms with Gasteiger partial charge in [0.15, 0.2) is 0 Å². The summed E-state index contributed by atoms with van der Waals surface area (Å²) in [4.78, 5) is 1.44. The van der Waals surface area contributed by atoms with Crippen LogP contribution < -0.4 is 5.73 Å². The van der Waals surface area contributed by atoms with E-state index in [0.29, 0.717) is 12.0 Å². The van der Waals surface area contributed by atoms with Gasteiger partial charge >= 0.3 is 0 Å². The third kappa shape index (κ3) is 4.25. The number of nitrogens with two attached hydrogens (primary N) is 1. The Balaban J connectivity index is 2.40. The Hall–Kier alpha value is 0.140. The number of hydrogen-bond acceptors (Lipinski definition) is 2. The van der Waals surface area contributed by atoms with E-state index >= 15 is 0 Å². The normalized spacial score (nSPS) is 15.7. The molecule has 13 heavy (non-hydrogen) atoms. The average molecular weight is 262 g/mol. The summed E-state index contributed by atoms with van der Waals surface area (Å²) in [6.07, 6.45) is 2.26. The molecule has 0 aliphatic carbocycles. The van der Waals surface area contributed by atoms with Gasteiger partial charge in [-0.1, -0.05) is 6.92 Å². The zero-order valence-electron chi connectivity index (χ0n) is 8.09. The highest BCUT2D eigenvalue weighted by Crippen LogP contribution is 2.25. The predicted molar refractivity (Wildman–Crippen MR) is 63.2 cm³/mol. The molecule has 74 valence electrons. The first-order chi connectivity index (χ1) is 6.08. The molecule has 0 bridgehead atoms. The molecule has 2 unspecified atom stereocenters. The molecular weight excluding hydrogens is 246 g/mol. The first kappa shape index (κ1) is 11.2. The van der Waals surface area contributed by atoms with Crippen LogP contribution in [-0.2, 0) is 6.42 Å².